The van der Waals surface area contributed by atoms with Crippen LogP contribution < -0.4 is 5.32 Å². The highest BCUT2D eigenvalue weighted by Gasteiger charge is 2.32. The van der Waals surface area contributed by atoms with Crippen molar-refractivity contribution in [2.24, 2.45) is 5.92 Å². The first-order chi connectivity index (χ1) is 17.0. The predicted octanol–water partition coefficient (Wildman–Crippen LogP) is 4.49. The summed E-state index contributed by atoms with van der Waals surface area (Å²) in [6, 6.07) is 11.8. The molecule has 4 rings (SSSR count). The molecule has 0 bridgehead atoms. The number of piperidine rings is 1. The molecule has 36 heavy (non-hydrogen) atoms. The van der Waals surface area contributed by atoms with Gasteiger partial charge in [-0.3, -0.25) is 19.6 Å². The summed E-state index contributed by atoms with van der Waals surface area (Å²) in [5.74, 6) is -0.190. The molecule has 1 aliphatic heterocycles. The largest absolute Gasteiger partial charge is 0.309 e. The molecule has 1 saturated heterocycles. The first-order valence-electron chi connectivity index (χ1n) is 11.1. The van der Waals surface area contributed by atoms with Crippen molar-refractivity contribution >= 4 is 50.6 Å². The van der Waals surface area contributed by atoms with Crippen LogP contribution in [0.1, 0.15) is 24.1 Å². The van der Waals surface area contributed by atoms with Gasteiger partial charge in [0.1, 0.15) is 0 Å². The smallest absolute Gasteiger partial charge is 0.269 e. The minimum atomic E-state index is -3.81. The van der Waals surface area contributed by atoms with Crippen molar-refractivity contribution in [2.75, 3.05) is 18.4 Å². The number of carbonyl (C=O) groups excluding carboxylic acids is 1. The van der Waals surface area contributed by atoms with Crippen LogP contribution in [0, 0.1) is 23.0 Å². The Labute approximate surface area is 218 Å². The summed E-state index contributed by atoms with van der Waals surface area (Å²) in [4.78, 5) is 23.0. The fraction of sp³-hybridized carbons (Fsp3) is 0.304. The maximum atomic E-state index is 12.9. The molecule has 10 nitrogen and oxygen atoms in total. The average molecular weight is 552 g/mol. The number of carbonyl (C=O) groups is 1. The van der Waals surface area contributed by atoms with Crippen LogP contribution in [0.25, 0.3) is 0 Å². The van der Waals surface area contributed by atoms with Crippen molar-refractivity contribution in [3.05, 3.63) is 79.9 Å². The number of aromatic nitrogens is 2. The number of sulfonamides is 1. The number of aryl methyl sites for hydroxylation is 1. The molecule has 190 valence electrons. The number of benzene rings is 2. The molecule has 2 aromatic carbocycles. The Hall–Kier alpha value is -2.99. The van der Waals surface area contributed by atoms with E-state index < -0.39 is 14.9 Å². The molecular weight excluding hydrogens is 529 g/mol. The second-order valence-electron chi connectivity index (χ2n) is 8.48. The zero-order valence-electron chi connectivity index (χ0n) is 19.2. The molecule has 0 atom stereocenters. The number of amides is 1. The summed E-state index contributed by atoms with van der Waals surface area (Å²) in [6.45, 7) is 2.62. The van der Waals surface area contributed by atoms with Crippen LogP contribution in [0.4, 0.5) is 11.5 Å². The number of hydrogen-bond donors (Lipinski definition) is 1. The van der Waals surface area contributed by atoms with E-state index in [1.807, 2.05) is 13.0 Å². The third-order valence-electron chi connectivity index (χ3n) is 6.08. The molecule has 1 aliphatic rings. The minimum Gasteiger partial charge on any atom is -0.309 e. The summed E-state index contributed by atoms with van der Waals surface area (Å²) < 4.78 is 28.8. The third-order valence-corrected chi connectivity index (χ3v) is 8.58. The van der Waals surface area contributed by atoms with Gasteiger partial charge in [-0.25, -0.2) is 8.42 Å². The fourth-order valence-electron chi connectivity index (χ4n) is 4.02. The van der Waals surface area contributed by atoms with E-state index in [2.05, 4.69) is 10.4 Å². The lowest BCUT2D eigenvalue weighted by Gasteiger charge is -2.30. The Kier molecular flexibility index (Phi) is 7.65. The van der Waals surface area contributed by atoms with Crippen molar-refractivity contribution in [2.45, 2.75) is 31.2 Å². The van der Waals surface area contributed by atoms with Gasteiger partial charge in [0.2, 0.25) is 15.9 Å². The molecule has 1 N–H and O–H groups in total. The highest BCUT2D eigenvalue weighted by molar-refractivity contribution is 7.89. The van der Waals surface area contributed by atoms with Gasteiger partial charge in [0, 0.05) is 52.9 Å². The lowest BCUT2D eigenvalue weighted by atomic mass is 9.97. The molecule has 13 heteroatoms. The molecule has 1 amide bonds. The summed E-state index contributed by atoms with van der Waals surface area (Å²) >= 11 is 12.2. The number of hydrogen-bond acceptors (Lipinski definition) is 6. The maximum absolute atomic E-state index is 12.9. The molecule has 0 spiro atoms. The van der Waals surface area contributed by atoms with Crippen molar-refractivity contribution in [1.82, 2.24) is 14.1 Å². The zero-order chi connectivity index (χ0) is 26.0. The van der Waals surface area contributed by atoms with Crippen LogP contribution in [0.3, 0.4) is 0 Å². The lowest BCUT2D eigenvalue weighted by molar-refractivity contribution is -0.384. The number of nitrogens with zero attached hydrogens (tertiary/aromatic N) is 4. The Morgan fingerprint density at radius 1 is 1.14 bits per heavy atom. The fourth-order valence-corrected chi connectivity index (χ4v) is 5.96. The van der Waals surface area contributed by atoms with Gasteiger partial charge in [-0.05, 0) is 49.6 Å². The number of nitrogens with one attached hydrogen (secondary N) is 1. The van der Waals surface area contributed by atoms with E-state index in [1.165, 1.54) is 16.4 Å². The average Bonchev–Trinajstić information content (AvgIpc) is 3.19. The van der Waals surface area contributed by atoms with Gasteiger partial charge in [0.15, 0.2) is 5.82 Å². The molecule has 0 radical (unpaired) electrons. The van der Waals surface area contributed by atoms with E-state index in [0.29, 0.717) is 35.2 Å². The van der Waals surface area contributed by atoms with Crippen LogP contribution in [0.5, 0.6) is 0 Å². The van der Waals surface area contributed by atoms with E-state index in [-0.39, 0.29) is 35.5 Å². The Morgan fingerprint density at radius 3 is 2.42 bits per heavy atom. The van der Waals surface area contributed by atoms with E-state index in [0.717, 1.165) is 23.4 Å². The van der Waals surface area contributed by atoms with Gasteiger partial charge in [0.05, 0.1) is 16.4 Å². The Balaban J connectivity index is 1.36. The molecule has 1 fully saturated rings. The minimum absolute atomic E-state index is 0.0159. The summed E-state index contributed by atoms with van der Waals surface area (Å²) in [6.07, 6.45) is 0.691. The Morgan fingerprint density at radius 2 is 1.81 bits per heavy atom. The van der Waals surface area contributed by atoms with Gasteiger partial charge in [-0.2, -0.15) is 9.40 Å². The summed E-state index contributed by atoms with van der Waals surface area (Å²) in [7, 11) is -3.81. The van der Waals surface area contributed by atoms with Crippen LogP contribution in [0.15, 0.2) is 53.4 Å². The van der Waals surface area contributed by atoms with E-state index in [4.69, 9.17) is 23.2 Å². The predicted molar refractivity (Wildman–Crippen MR) is 136 cm³/mol. The second-order valence-corrected chi connectivity index (χ2v) is 11.3. The van der Waals surface area contributed by atoms with Crippen molar-refractivity contribution in [3.8, 4) is 0 Å². The highest BCUT2D eigenvalue weighted by atomic mass is 35.5. The number of anilines is 1. The molecule has 0 aliphatic carbocycles. The molecule has 0 saturated carbocycles. The standard InChI is InChI=1S/C23H23Cl2N5O5S/c1-15-12-22(27-29(15)14-17-2-3-18(24)13-21(17)25)26-23(31)16-8-10-28(11-9-16)36(34,35)20-6-4-19(5-7-20)30(32)33/h2-7,12-13,16H,8-11,14H2,1H3,(H,26,27,31). The lowest BCUT2D eigenvalue weighted by Crippen LogP contribution is -2.41. The van der Waals surface area contributed by atoms with Crippen molar-refractivity contribution in [3.63, 3.8) is 0 Å². The van der Waals surface area contributed by atoms with Crippen molar-refractivity contribution < 1.29 is 18.1 Å². The number of nitro groups is 1. The SMILES string of the molecule is Cc1cc(NC(=O)C2CCN(S(=O)(=O)c3ccc([N+](=O)[O-])cc3)CC2)nn1Cc1ccc(Cl)cc1Cl. The molecule has 0 unspecified atom stereocenters. The molecule has 1 aromatic heterocycles. The second kappa shape index (κ2) is 10.6. The molecule has 2 heterocycles. The van der Waals surface area contributed by atoms with E-state index >= 15 is 0 Å². The zero-order valence-corrected chi connectivity index (χ0v) is 21.6. The summed E-state index contributed by atoms with van der Waals surface area (Å²) in [5.41, 5.74) is 1.49. The van der Waals surface area contributed by atoms with Crippen LogP contribution in [-0.2, 0) is 21.4 Å². The Bertz CT molecular complexity index is 1400. The third kappa shape index (κ3) is 5.70. The van der Waals surface area contributed by atoms with Gasteiger partial charge in [-0.15, -0.1) is 0 Å². The topological polar surface area (TPSA) is 127 Å². The summed E-state index contributed by atoms with van der Waals surface area (Å²) in [5, 5.41) is 19.2. The number of non-ortho nitro benzene ring substituents is 1. The van der Waals surface area contributed by atoms with E-state index in [1.54, 1.807) is 22.9 Å². The number of rotatable bonds is 7. The maximum Gasteiger partial charge on any atom is 0.269 e. The monoisotopic (exact) mass is 551 g/mol. The molecular formula is C23H23Cl2N5O5S. The van der Waals surface area contributed by atoms with Crippen LogP contribution in [0.2, 0.25) is 10.0 Å². The molecule has 3 aromatic rings. The van der Waals surface area contributed by atoms with E-state index in [9.17, 15) is 23.3 Å². The number of halogens is 2. The van der Waals surface area contributed by atoms with Gasteiger partial charge in [0.25, 0.3) is 5.69 Å². The quantitative estimate of drug-likeness (QED) is 0.340. The van der Waals surface area contributed by atoms with Crippen LogP contribution >= 0.6 is 23.2 Å². The first kappa shape index (κ1) is 26.1. The van der Waals surface area contributed by atoms with Gasteiger partial charge >= 0.3 is 0 Å². The van der Waals surface area contributed by atoms with Gasteiger partial charge in [-0.1, -0.05) is 29.3 Å². The highest BCUT2D eigenvalue weighted by Crippen LogP contribution is 2.27. The van der Waals surface area contributed by atoms with Crippen LogP contribution in [-0.4, -0.2) is 46.4 Å². The van der Waals surface area contributed by atoms with Crippen molar-refractivity contribution in [1.29, 1.82) is 0 Å². The number of nitro benzene ring substituents is 1. The van der Waals surface area contributed by atoms with Gasteiger partial charge < -0.3 is 5.32 Å². The first-order valence-corrected chi connectivity index (χ1v) is 13.3. The normalized spacial score (nSPS) is 15.1.